The summed E-state index contributed by atoms with van der Waals surface area (Å²) in [6.07, 6.45) is 4.29. The second kappa shape index (κ2) is 17.7. The zero-order valence-corrected chi connectivity index (χ0v) is 30.5. The van der Waals surface area contributed by atoms with Crippen LogP contribution in [0.2, 0.25) is 0 Å². The highest BCUT2D eigenvalue weighted by Crippen LogP contribution is 2.31. The molecule has 0 saturated carbocycles. The van der Waals surface area contributed by atoms with Gasteiger partial charge in [0.1, 0.15) is 0 Å². The molecule has 0 bridgehead atoms. The van der Waals surface area contributed by atoms with E-state index in [-0.39, 0.29) is 5.41 Å². The first-order valence-corrected chi connectivity index (χ1v) is 17.1. The summed E-state index contributed by atoms with van der Waals surface area (Å²) in [4.78, 5) is 0. The number of benzene rings is 6. The molecule has 0 aliphatic rings. The van der Waals surface area contributed by atoms with Gasteiger partial charge in [-0.3, -0.25) is 0 Å². The highest BCUT2D eigenvalue weighted by atomic mass is 14.3. The highest BCUT2D eigenvalue weighted by molar-refractivity contribution is 5.69. The summed E-state index contributed by atoms with van der Waals surface area (Å²) in [5.41, 5.74) is 15.2. The molecular weight excluding hydrogens is 589 g/mol. The highest BCUT2D eigenvalue weighted by Gasteiger charge is 2.22. The molecule has 0 aliphatic carbocycles. The van der Waals surface area contributed by atoms with Crippen LogP contribution >= 0.6 is 0 Å². The molecule has 49 heavy (non-hydrogen) atoms. The quantitative estimate of drug-likeness (QED) is 0.133. The third-order valence-corrected chi connectivity index (χ3v) is 8.62. The molecule has 6 aromatic rings. The fourth-order valence-electron chi connectivity index (χ4n) is 5.07. The molecule has 0 spiro atoms. The monoisotopic (exact) mass is 638 g/mol. The van der Waals surface area contributed by atoms with E-state index >= 15 is 0 Å². The first-order valence-electron chi connectivity index (χ1n) is 17.1. The van der Waals surface area contributed by atoms with E-state index in [4.69, 9.17) is 0 Å². The van der Waals surface area contributed by atoms with Crippen LogP contribution in [0.4, 0.5) is 0 Å². The molecule has 0 saturated heterocycles. The van der Waals surface area contributed by atoms with E-state index in [1.807, 2.05) is 0 Å². The molecule has 6 rings (SSSR count). The van der Waals surface area contributed by atoms with Crippen LogP contribution in [0.3, 0.4) is 0 Å². The Morgan fingerprint density at radius 1 is 0.327 bits per heavy atom. The van der Waals surface area contributed by atoms with Crippen LogP contribution in [0.5, 0.6) is 0 Å². The minimum absolute atomic E-state index is 0.0708. The summed E-state index contributed by atoms with van der Waals surface area (Å²) in [7, 11) is 0. The van der Waals surface area contributed by atoms with E-state index in [1.54, 1.807) is 0 Å². The van der Waals surface area contributed by atoms with Gasteiger partial charge in [0.05, 0.1) is 0 Å². The Balaban J connectivity index is 0.000000166. The summed E-state index contributed by atoms with van der Waals surface area (Å²) < 4.78 is 0. The van der Waals surface area contributed by atoms with Gasteiger partial charge in [0, 0.05) is 16.5 Å². The topological polar surface area (TPSA) is 0 Å². The maximum atomic E-state index is 3.16. The number of aryl methyl sites for hydroxylation is 6. The van der Waals surface area contributed by atoms with Crippen LogP contribution in [0.15, 0.2) is 146 Å². The first kappa shape index (κ1) is 36.5. The van der Waals surface area contributed by atoms with Gasteiger partial charge >= 0.3 is 0 Å². The second-order valence-corrected chi connectivity index (χ2v) is 13.5. The third kappa shape index (κ3) is 12.0. The Hall–Kier alpha value is -5.38. The maximum absolute atomic E-state index is 3.16. The van der Waals surface area contributed by atoms with Gasteiger partial charge in [0.25, 0.3) is 0 Å². The van der Waals surface area contributed by atoms with Crippen molar-refractivity contribution in [2.24, 2.45) is 0 Å². The minimum Gasteiger partial charge on any atom is -0.0617 e. The van der Waals surface area contributed by atoms with Gasteiger partial charge in [0.15, 0.2) is 0 Å². The zero-order valence-electron chi connectivity index (χ0n) is 30.5. The standard InChI is InChI=1S/C17H20.C16H16.C16H14/c1-13-5-9-15(10-6-13)17(3,4)16-11-7-14(2)8-12-16;2*1-13-3-7-15(8-4-13)11-12-16-9-5-14(2)6-10-16/h5-12H,1-4H3;3-12H,1-2H3;3-10H,1-2H3/b;12-11+;. The van der Waals surface area contributed by atoms with Crippen LogP contribution in [-0.4, -0.2) is 0 Å². The maximum Gasteiger partial charge on any atom is 0.0249 e. The van der Waals surface area contributed by atoms with Crippen molar-refractivity contribution >= 4 is 12.2 Å². The Morgan fingerprint density at radius 2 is 0.551 bits per heavy atom. The average molecular weight is 639 g/mol. The van der Waals surface area contributed by atoms with Crippen LogP contribution in [0, 0.1) is 53.4 Å². The number of hydrogen-bond donors (Lipinski definition) is 0. The Labute approximate surface area is 296 Å². The summed E-state index contributed by atoms with van der Waals surface area (Å²) in [5, 5.41) is 0. The first-order chi connectivity index (χ1) is 23.5. The normalized spacial score (nSPS) is 10.6. The van der Waals surface area contributed by atoms with Crippen molar-refractivity contribution in [3.63, 3.8) is 0 Å². The van der Waals surface area contributed by atoms with Crippen molar-refractivity contribution in [3.8, 4) is 11.8 Å². The molecule has 0 N–H and O–H groups in total. The Kier molecular flexibility index (Phi) is 13.2. The lowest BCUT2D eigenvalue weighted by molar-refractivity contribution is 0.640. The lowest BCUT2D eigenvalue weighted by Gasteiger charge is -2.26. The minimum atomic E-state index is 0.0708. The summed E-state index contributed by atoms with van der Waals surface area (Å²) >= 11 is 0. The molecule has 0 aromatic heterocycles. The van der Waals surface area contributed by atoms with E-state index in [1.165, 1.54) is 55.6 Å². The van der Waals surface area contributed by atoms with Crippen molar-refractivity contribution in [1.82, 2.24) is 0 Å². The molecular formula is C49H50. The van der Waals surface area contributed by atoms with E-state index in [0.29, 0.717) is 0 Å². The van der Waals surface area contributed by atoms with Gasteiger partial charge in [0.2, 0.25) is 0 Å². The van der Waals surface area contributed by atoms with E-state index in [0.717, 1.165) is 11.1 Å². The molecule has 0 atom stereocenters. The fraction of sp³-hybridized carbons (Fsp3) is 0.184. The number of rotatable bonds is 4. The van der Waals surface area contributed by atoms with Crippen molar-refractivity contribution in [2.75, 3.05) is 0 Å². The van der Waals surface area contributed by atoms with Gasteiger partial charge in [-0.2, -0.15) is 0 Å². The largest absolute Gasteiger partial charge is 0.0617 e. The third-order valence-electron chi connectivity index (χ3n) is 8.62. The molecule has 0 fully saturated rings. The molecule has 0 heterocycles. The predicted octanol–water partition coefficient (Wildman–Crippen LogP) is 12.8. The van der Waals surface area contributed by atoms with Gasteiger partial charge in [-0.05, 0) is 88.1 Å². The lowest BCUT2D eigenvalue weighted by atomic mass is 9.78. The molecule has 0 amide bonds. The average Bonchev–Trinajstić information content (AvgIpc) is 3.10. The Morgan fingerprint density at radius 3 is 0.816 bits per heavy atom. The molecule has 0 radical (unpaired) electrons. The zero-order chi connectivity index (χ0) is 35.2. The van der Waals surface area contributed by atoms with E-state index in [9.17, 15) is 0 Å². The molecule has 0 nitrogen and oxygen atoms in total. The summed E-state index contributed by atoms with van der Waals surface area (Å²) in [5.74, 6) is 6.32. The Bertz CT molecular complexity index is 1810. The van der Waals surface area contributed by atoms with Crippen molar-refractivity contribution in [1.29, 1.82) is 0 Å². The fourth-order valence-corrected chi connectivity index (χ4v) is 5.07. The predicted molar refractivity (Wildman–Crippen MR) is 214 cm³/mol. The summed E-state index contributed by atoms with van der Waals surface area (Å²) in [6, 6.07) is 51.3. The second-order valence-electron chi connectivity index (χ2n) is 13.5. The van der Waals surface area contributed by atoms with E-state index < -0.39 is 0 Å². The summed E-state index contributed by atoms with van der Waals surface area (Å²) in [6.45, 7) is 17.2. The molecule has 0 unspecified atom stereocenters. The molecule has 0 aliphatic heterocycles. The SMILES string of the molecule is Cc1ccc(/C=C/c2ccc(C)cc2)cc1.Cc1ccc(C#Cc2ccc(C)cc2)cc1.Cc1ccc(C(C)(C)c2ccc(C)cc2)cc1. The lowest BCUT2D eigenvalue weighted by Crippen LogP contribution is -2.18. The van der Waals surface area contributed by atoms with Crippen molar-refractivity contribution < 1.29 is 0 Å². The van der Waals surface area contributed by atoms with Gasteiger partial charge in [-0.15, -0.1) is 0 Å². The smallest absolute Gasteiger partial charge is 0.0249 e. The van der Waals surface area contributed by atoms with E-state index in [2.05, 4.69) is 225 Å². The molecule has 246 valence electrons. The van der Waals surface area contributed by atoms with Crippen LogP contribution in [-0.2, 0) is 5.41 Å². The van der Waals surface area contributed by atoms with Gasteiger partial charge in [-0.1, -0.05) is 193 Å². The van der Waals surface area contributed by atoms with Gasteiger partial charge < -0.3 is 0 Å². The van der Waals surface area contributed by atoms with Crippen molar-refractivity contribution in [3.05, 3.63) is 212 Å². The van der Waals surface area contributed by atoms with Crippen molar-refractivity contribution in [2.45, 2.75) is 60.8 Å². The van der Waals surface area contributed by atoms with Crippen LogP contribution in [0.25, 0.3) is 12.2 Å². The molecule has 0 heteroatoms. The van der Waals surface area contributed by atoms with Crippen LogP contribution in [0.1, 0.15) is 80.6 Å². The van der Waals surface area contributed by atoms with Crippen LogP contribution < -0.4 is 0 Å². The molecule has 6 aromatic carbocycles. The number of hydrogen-bond acceptors (Lipinski definition) is 0. The van der Waals surface area contributed by atoms with Gasteiger partial charge in [-0.25, -0.2) is 0 Å².